The molecule has 2 rings (SSSR count). The predicted octanol–water partition coefficient (Wildman–Crippen LogP) is 1.16. The zero-order chi connectivity index (χ0) is 14.0. The third-order valence-electron chi connectivity index (χ3n) is 3.80. The van der Waals surface area contributed by atoms with Crippen molar-refractivity contribution in [2.45, 2.75) is 19.5 Å². The summed E-state index contributed by atoms with van der Waals surface area (Å²) in [4.78, 5) is 19.6. The Labute approximate surface area is 113 Å². The molecule has 19 heavy (non-hydrogen) atoms. The predicted molar refractivity (Wildman–Crippen MR) is 73.1 cm³/mol. The number of aromatic nitrogens is 1. The number of carboxylic acids is 1. The average molecular weight is 263 g/mol. The number of carbonyl (C=O) groups is 1. The van der Waals surface area contributed by atoms with Crippen LogP contribution in [0.25, 0.3) is 0 Å². The zero-order valence-corrected chi connectivity index (χ0v) is 11.7. The van der Waals surface area contributed by atoms with E-state index in [0.717, 1.165) is 18.7 Å². The molecule has 1 aromatic rings. The lowest BCUT2D eigenvalue weighted by Gasteiger charge is -2.22. The summed E-state index contributed by atoms with van der Waals surface area (Å²) in [5, 5.41) is 9.14. The fourth-order valence-electron chi connectivity index (χ4n) is 2.85. The van der Waals surface area contributed by atoms with Gasteiger partial charge in [-0.3, -0.25) is 4.90 Å². The number of aromatic carboxylic acids is 1. The fraction of sp³-hybridized carbons (Fsp3) is 0.571. The second kappa shape index (κ2) is 5.67. The largest absolute Gasteiger partial charge is 0.477 e. The number of rotatable bonds is 4. The normalized spacial score (nSPS) is 24.0. The molecule has 5 heteroatoms. The van der Waals surface area contributed by atoms with Gasteiger partial charge < -0.3 is 10.0 Å². The van der Waals surface area contributed by atoms with Crippen LogP contribution in [0.3, 0.4) is 0 Å². The van der Waals surface area contributed by atoms with E-state index in [1.807, 2.05) is 6.07 Å². The molecule has 0 radical (unpaired) electrons. The van der Waals surface area contributed by atoms with Gasteiger partial charge in [0.05, 0.1) is 0 Å². The van der Waals surface area contributed by atoms with Crippen molar-refractivity contribution < 1.29 is 9.90 Å². The summed E-state index contributed by atoms with van der Waals surface area (Å²) in [7, 11) is 4.19. The Kier molecular flexibility index (Phi) is 4.17. The van der Waals surface area contributed by atoms with Crippen molar-refractivity contribution >= 4 is 5.97 Å². The lowest BCUT2D eigenvalue weighted by atomic mass is 10.1. The Balaban J connectivity index is 2.09. The van der Waals surface area contributed by atoms with Crippen LogP contribution in [-0.4, -0.2) is 59.1 Å². The van der Waals surface area contributed by atoms with Gasteiger partial charge in [0.25, 0.3) is 0 Å². The number of nitrogens with zero attached hydrogens (tertiary/aromatic N) is 3. The van der Waals surface area contributed by atoms with Gasteiger partial charge in [0.1, 0.15) is 0 Å². The van der Waals surface area contributed by atoms with E-state index in [1.54, 1.807) is 6.07 Å². The Morgan fingerprint density at radius 1 is 1.53 bits per heavy atom. The fourth-order valence-corrected chi connectivity index (χ4v) is 2.85. The third-order valence-corrected chi connectivity index (χ3v) is 3.80. The first-order valence-corrected chi connectivity index (χ1v) is 6.55. The van der Waals surface area contributed by atoms with Crippen molar-refractivity contribution in [3.05, 3.63) is 29.6 Å². The SMILES string of the molecule is CC1CN(Cc2cccnc2C(=O)O)CC1N(C)C. The zero-order valence-electron chi connectivity index (χ0n) is 11.7. The molecule has 104 valence electrons. The molecule has 2 unspecified atom stereocenters. The first-order chi connectivity index (χ1) is 8.99. The highest BCUT2D eigenvalue weighted by Gasteiger charge is 2.31. The van der Waals surface area contributed by atoms with Gasteiger partial charge in [-0.1, -0.05) is 13.0 Å². The molecule has 1 N–H and O–H groups in total. The number of hydrogen-bond donors (Lipinski definition) is 1. The molecule has 1 fully saturated rings. The van der Waals surface area contributed by atoms with Crippen molar-refractivity contribution in [3.8, 4) is 0 Å². The van der Waals surface area contributed by atoms with Gasteiger partial charge in [-0.25, -0.2) is 9.78 Å². The van der Waals surface area contributed by atoms with E-state index in [4.69, 9.17) is 5.11 Å². The molecule has 1 aliphatic heterocycles. The standard InChI is InChI=1S/C14H21N3O2/c1-10-7-17(9-12(10)16(2)3)8-11-5-4-6-15-13(11)14(18)19/h4-6,10,12H,7-9H2,1-3H3,(H,18,19). The summed E-state index contributed by atoms with van der Waals surface area (Å²) in [6.07, 6.45) is 1.53. The summed E-state index contributed by atoms with van der Waals surface area (Å²) < 4.78 is 0. The number of carboxylic acid groups (broad SMARTS) is 1. The number of likely N-dealkylation sites (N-methyl/N-ethyl adjacent to an activating group) is 1. The van der Waals surface area contributed by atoms with Crippen LogP contribution < -0.4 is 0 Å². The Morgan fingerprint density at radius 2 is 2.26 bits per heavy atom. The summed E-state index contributed by atoms with van der Waals surface area (Å²) in [5.41, 5.74) is 0.963. The van der Waals surface area contributed by atoms with Gasteiger partial charge in [-0.15, -0.1) is 0 Å². The quantitative estimate of drug-likeness (QED) is 0.883. The van der Waals surface area contributed by atoms with Gasteiger partial charge in [0.2, 0.25) is 0 Å². The van der Waals surface area contributed by atoms with Crippen LogP contribution >= 0.6 is 0 Å². The molecule has 0 saturated carbocycles. The molecular weight excluding hydrogens is 242 g/mol. The molecule has 0 bridgehead atoms. The third kappa shape index (κ3) is 3.11. The van der Waals surface area contributed by atoms with Gasteiger partial charge in [-0.05, 0) is 31.6 Å². The van der Waals surface area contributed by atoms with E-state index in [2.05, 4.69) is 35.8 Å². The second-order valence-electron chi connectivity index (χ2n) is 5.52. The molecule has 1 aromatic heterocycles. The molecule has 1 aliphatic rings. The molecule has 2 heterocycles. The van der Waals surface area contributed by atoms with Gasteiger partial charge in [0.15, 0.2) is 5.69 Å². The summed E-state index contributed by atoms with van der Waals surface area (Å²) >= 11 is 0. The van der Waals surface area contributed by atoms with Crippen molar-refractivity contribution in [2.75, 3.05) is 27.2 Å². The molecule has 0 spiro atoms. The molecule has 0 amide bonds. The van der Waals surface area contributed by atoms with Crippen LogP contribution in [0.15, 0.2) is 18.3 Å². The molecule has 5 nitrogen and oxygen atoms in total. The van der Waals surface area contributed by atoms with E-state index in [0.29, 0.717) is 18.5 Å². The van der Waals surface area contributed by atoms with Gasteiger partial charge in [0, 0.05) is 31.9 Å². The lowest BCUT2D eigenvalue weighted by molar-refractivity contribution is 0.0688. The van der Waals surface area contributed by atoms with Crippen LogP contribution in [0.4, 0.5) is 0 Å². The minimum atomic E-state index is -0.952. The van der Waals surface area contributed by atoms with Crippen molar-refractivity contribution in [3.63, 3.8) is 0 Å². The van der Waals surface area contributed by atoms with E-state index in [9.17, 15) is 4.79 Å². The molecule has 2 atom stereocenters. The molecule has 0 aliphatic carbocycles. The first-order valence-electron chi connectivity index (χ1n) is 6.55. The van der Waals surface area contributed by atoms with Crippen LogP contribution in [0, 0.1) is 5.92 Å². The Morgan fingerprint density at radius 3 is 2.84 bits per heavy atom. The van der Waals surface area contributed by atoms with Crippen molar-refractivity contribution in [2.24, 2.45) is 5.92 Å². The second-order valence-corrected chi connectivity index (χ2v) is 5.52. The summed E-state index contributed by atoms with van der Waals surface area (Å²) in [6, 6.07) is 4.18. The van der Waals surface area contributed by atoms with Crippen molar-refractivity contribution in [1.29, 1.82) is 0 Å². The van der Waals surface area contributed by atoms with E-state index < -0.39 is 5.97 Å². The minimum Gasteiger partial charge on any atom is -0.477 e. The van der Waals surface area contributed by atoms with E-state index in [1.165, 1.54) is 6.20 Å². The summed E-state index contributed by atoms with van der Waals surface area (Å²) in [5.74, 6) is -0.355. The molecular formula is C14H21N3O2. The van der Waals surface area contributed by atoms with E-state index in [-0.39, 0.29) is 5.69 Å². The van der Waals surface area contributed by atoms with Gasteiger partial charge in [-0.2, -0.15) is 0 Å². The maximum Gasteiger partial charge on any atom is 0.354 e. The van der Waals surface area contributed by atoms with Crippen LogP contribution in [-0.2, 0) is 6.54 Å². The smallest absolute Gasteiger partial charge is 0.354 e. The average Bonchev–Trinajstić information content (AvgIpc) is 2.71. The summed E-state index contributed by atoms with van der Waals surface area (Å²) in [6.45, 7) is 4.87. The molecule has 0 aromatic carbocycles. The Hall–Kier alpha value is -1.46. The highest BCUT2D eigenvalue weighted by atomic mass is 16.4. The number of likely N-dealkylation sites (tertiary alicyclic amines) is 1. The highest BCUT2D eigenvalue weighted by Crippen LogP contribution is 2.22. The minimum absolute atomic E-state index is 0.170. The maximum atomic E-state index is 11.1. The number of hydrogen-bond acceptors (Lipinski definition) is 4. The highest BCUT2D eigenvalue weighted by molar-refractivity contribution is 5.86. The van der Waals surface area contributed by atoms with Crippen LogP contribution in [0.5, 0.6) is 0 Å². The lowest BCUT2D eigenvalue weighted by Crippen LogP contribution is -2.34. The van der Waals surface area contributed by atoms with Crippen LogP contribution in [0.2, 0.25) is 0 Å². The molecule has 1 saturated heterocycles. The van der Waals surface area contributed by atoms with Gasteiger partial charge >= 0.3 is 5.97 Å². The maximum absolute atomic E-state index is 11.1. The first kappa shape index (κ1) is 14.0. The van der Waals surface area contributed by atoms with Crippen molar-refractivity contribution in [1.82, 2.24) is 14.8 Å². The topological polar surface area (TPSA) is 56.7 Å². The van der Waals surface area contributed by atoms with Crippen LogP contribution in [0.1, 0.15) is 23.0 Å². The monoisotopic (exact) mass is 263 g/mol. The van der Waals surface area contributed by atoms with E-state index >= 15 is 0 Å². The number of pyridine rings is 1. The Bertz CT molecular complexity index is 462.